The number of fused-ring (bicyclic) bond motifs is 3. The van der Waals surface area contributed by atoms with E-state index < -0.39 is 0 Å². The third kappa shape index (κ3) is 3.94. The number of aryl methyl sites for hydroxylation is 2. The van der Waals surface area contributed by atoms with Crippen LogP contribution in [0.15, 0.2) is 47.6 Å². The highest BCUT2D eigenvalue weighted by Gasteiger charge is 2.19. The number of benzene rings is 2. The second kappa shape index (κ2) is 8.38. The van der Waals surface area contributed by atoms with Crippen LogP contribution in [0.25, 0.3) is 10.9 Å². The second-order valence-electron chi connectivity index (χ2n) is 7.01. The van der Waals surface area contributed by atoms with E-state index >= 15 is 0 Å². The van der Waals surface area contributed by atoms with Crippen molar-refractivity contribution in [3.05, 3.63) is 69.3 Å². The molecule has 0 fully saturated rings. The number of hydrogen-bond acceptors (Lipinski definition) is 2. The van der Waals surface area contributed by atoms with Gasteiger partial charge in [-0.2, -0.15) is 5.10 Å². The third-order valence-corrected chi connectivity index (χ3v) is 5.76. The van der Waals surface area contributed by atoms with Gasteiger partial charge in [0.15, 0.2) is 0 Å². The molecular weight excluding hydrogens is 393 g/mol. The van der Waals surface area contributed by atoms with Gasteiger partial charge < -0.3 is 4.57 Å². The number of amides is 1. The van der Waals surface area contributed by atoms with Crippen LogP contribution in [0.1, 0.15) is 36.1 Å². The Balaban J connectivity index is 1.43. The van der Waals surface area contributed by atoms with Crippen LogP contribution in [0.5, 0.6) is 0 Å². The molecule has 0 radical (unpaired) electrons. The minimum absolute atomic E-state index is 0.122. The average molecular weight is 414 g/mol. The van der Waals surface area contributed by atoms with E-state index in [1.54, 1.807) is 18.2 Å². The molecule has 4 nitrogen and oxygen atoms in total. The molecule has 144 valence electrons. The van der Waals surface area contributed by atoms with Crippen LogP contribution >= 0.6 is 23.2 Å². The van der Waals surface area contributed by atoms with Crippen molar-refractivity contribution in [2.75, 3.05) is 0 Å². The maximum absolute atomic E-state index is 12.3. The van der Waals surface area contributed by atoms with Crippen molar-refractivity contribution in [3.63, 3.8) is 0 Å². The molecule has 1 aliphatic rings. The maximum Gasteiger partial charge on any atom is 0.241 e. The van der Waals surface area contributed by atoms with Gasteiger partial charge in [0, 0.05) is 40.1 Å². The molecule has 1 aliphatic carbocycles. The van der Waals surface area contributed by atoms with E-state index in [9.17, 15) is 4.79 Å². The largest absolute Gasteiger partial charge is 0.344 e. The maximum atomic E-state index is 12.3. The Morgan fingerprint density at radius 3 is 2.82 bits per heavy atom. The predicted molar refractivity (Wildman–Crippen MR) is 115 cm³/mol. The molecule has 28 heavy (non-hydrogen) atoms. The van der Waals surface area contributed by atoms with Crippen molar-refractivity contribution in [3.8, 4) is 0 Å². The van der Waals surface area contributed by atoms with Gasteiger partial charge in [0.25, 0.3) is 0 Å². The third-order valence-electron chi connectivity index (χ3n) is 5.20. The first-order chi connectivity index (χ1) is 13.6. The Bertz CT molecular complexity index is 1060. The topological polar surface area (TPSA) is 46.4 Å². The van der Waals surface area contributed by atoms with E-state index in [0.29, 0.717) is 28.6 Å². The van der Waals surface area contributed by atoms with E-state index in [1.807, 2.05) is 0 Å². The number of nitrogens with one attached hydrogen (secondary N) is 1. The summed E-state index contributed by atoms with van der Waals surface area (Å²) in [4.78, 5) is 12.3. The van der Waals surface area contributed by atoms with Crippen LogP contribution in [0.3, 0.4) is 0 Å². The molecule has 0 bridgehead atoms. The second-order valence-corrected chi connectivity index (χ2v) is 7.85. The number of halogens is 2. The minimum Gasteiger partial charge on any atom is -0.344 e. The number of carbonyl (C=O) groups is 1. The van der Waals surface area contributed by atoms with Crippen molar-refractivity contribution < 1.29 is 4.79 Å². The SMILES string of the molecule is O=C(CCn1c2c(c3ccccc31)CCCC2)N/N=C\c1ccc(Cl)cc1Cl. The van der Waals surface area contributed by atoms with E-state index in [2.05, 4.69) is 39.4 Å². The van der Waals surface area contributed by atoms with Gasteiger partial charge in [0.1, 0.15) is 0 Å². The number of rotatable bonds is 5. The normalized spacial score (nSPS) is 13.8. The van der Waals surface area contributed by atoms with Crippen molar-refractivity contribution in [1.29, 1.82) is 0 Å². The number of aromatic nitrogens is 1. The zero-order valence-electron chi connectivity index (χ0n) is 15.4. The first-order valence-corrected chi connectivity index (χ1v) is 10.2. The molecule has 1 N–H and O–H groups in total. The molecule has 0 atom stereocenters. The molecule has 0 spiro atoms. The van der Waals surface area contributed by atoms with E-state index in [1.165, 1.54) is 41.2 Å². The smallest absolute Gasteiger partial charge is 0.241 e. The first kappa shape index (κ1) is 19.0. The fourth-order valence-corrected chi connectivity index (χ4v) is 4.35. The lowest BCUT2D eigenvalue weighted by Crippen LogP contribution is -2.20. The predicted octanol–water partition coefficient (Wildman–Crippen LogP) is 5.37. The van der Waals surface area contributed by atoms with Crippen LogP contribution in [-0.2, 0) is 24.2 Å². The van der Waals surface area contributed by atoms with E-state index in [-0.39, 0.29) is 5.91 Å². The summed E-state index contributed by atoms with van der Waals surface area (Å²) in [5.74, 6) is -0.122. The number of para-hydroxylation sites is 1. The molecule has 0 unspecified atom stereocenters. The Kier molecular flexibility index (Phi) is 5.69. The standard InChI is InChI=1S/C22H21Cl2N3O/c23-16-10-9-15(19(24)13-16)14-25-26-22(28)11-12-27-20-7-3-1-5-17(20)18-6-2-4-8-21(18)27/h1,3,5,7,9-10,13-14H,2,4,6,8,11-12H2,(H,26,28)/b25-14-. The molecule has 0 aliphatic heterocycles. The summed E-state index contributed by atoms with van der Waals surface area (Å²) in [6.07, 6.45) is 6.56. The summed E-state index contributed by atoms with van der Waals surface area (Å²) in [7, 11) is 0. The Labute approximate surface area is 174 Å². The number of carbonyl (C=O) groups excluding carboxylic acids is 1. The number of hydrazone groups is 1. The minimum atomic E-state index is -0.122. The van der Waals surface area contributed by atoms with Gasteiger partial charge in [0.2, 0.25) is 5.91 Å². The zero-order chi connectivity index (χ0) is 19.5. The van der Waals surface area contributed by atoms with Gasteiger partial charge in [0.05, 0.1) is 11.2 Å². The van der Waals surface area contributed by atoms with Gasteiger partial charge in [-0.25, -0.2) is 5.43 Å². The van der Waals surface area contributed by atoms with Gasteiger partial charge >= 0.3 is 0 Å². The lowest BCUT2D eigenvalue weighted by Gasteiger charge is -2.15. The quantitative estimate of drug-likeness (QED) is 0.443. The molecule has 1 heterocycles. The van der Waals surface area contributed by atoms with Crippen molar-refractivity contribution in [2.24, 2.45) is 5.10 Å². The highest BCUT2D eigenvalue weighted by Crippen LogP contribution is 2.32. The summed E-state index contributed by atoms with van der Waals surface area (Å²) in [6.45, 7) is 0.652. The van der Waals surface area contributed by atoms with Crippen LogP contribution in [0.2, 0.25) is 10.0 Å². The molecule has 1 aromatic heterocycles. The number of nitrogens with zero attached hydrogens (tertiary/aromatic N) is 2. The lowest BCUT2D eigenvalue weighted by molar-refractivity contribution is -0.121. The summed E-state index contributed by atoms with van der Waals surface area (Å²) in [6, 6.07) is 13.6. The average Bonchev–Trinajstić information content (AvgIpc) is 3.02. The molecule has 3 aromatic rings. The van der Waals surface area contributed by atoms with E-state index in [0.717, 1.165) is 12.8 Å². The highest BCUT2D eigenvalue weighted by atomic mass is 35.5. The van der Waals surface area contributed by atoms with Crippen LogP contribution in [-0.4, -0.2) is 16.7 Å². The Morgan fingerprint density at radius 2 is 1.96 bits per heavy atom. The van der Waals surface area contributed by atoms with Crippen molar-refractivity contribution >= 4 is 46.2 Å². The molecule has 4 rings (SSSR count). The monoisotopic (exact) mass is 413 g/mol. The molecule has 0 saturated heterocycles. The van der Waals surface area contributed by atoms with Crippen molar-refractivity contribution in [1.82, 2.24) is 9.99 Å². The van der Waals surface area contributed by atoms with Crippen LogP contribution in [0.4, 0.5) is 0 Å². The highest BCUT2D eigenvalue weighted by molar-refractivity contribution is 6.36. The van der Waals surface area contributed by atoms with Gasteiger partial charge in [-0.1, -0.05) is 47.5 Å². The zero-order valence-corrected chi connectivity index (χ0v) is 16.9. The summed E-state index contributed by atoms with van der Waals surface area (Å²) in [5, 5.41) is 6.41. The van der Waals surface area contributed by atoms with E-state index in [4.69, 9.17) is 23.2 Å². The first-order valence-electron chi connectivity index (χ1n) is 9.49. The number of hydrogen-bond donors (Lipinski definition) is 1. The van der Waals surface area contributed by atoms with Gasteiger partial charge in [-0.3, -0.25) is 4.79 Å². The molecule has 0 saturated carbocycles. The molecule has 2 aromatic carbocycles. The fraction of sp³-hybridized carbons (Fsp3) is 0.273. The summed E-state index contributed by atoms with van der Waals surface area (Å²) >= 11 is 12.0. The van der Waals surface area contributed by atoms with Crippen LogP contribution in [0, 0.1) is 0 Å². The molecule has 6 heteroatoms. The summed E-state index contributed by atoms with van der Waals surface area (Å²) in [5.41, 5.74) is 7.36. The van der Waals surface area contributed by atoms with Gasteiger partial charge in [-0.05, 0) is 49.4 Å². The van der Waals surface area contributed by atoms with Crippen LogP contribution < -0.4 is 5.43 Å². The summed E-state index contributed by atoms with van der Waals surface area (Å²) < 4.78 is 2.31. The Hall–Kier alpha value is -2.30. The van der Waals surface area contributed by atoms with Crippen molar-refractivity contribution in [2.45, 2.75) is 38.6 Å². The van der Waals surface area contributed by atoms with Gasteiger partial charge in [-0.15, -0.1) is 0 Å². The fourth-order valence-electron chi connectivity index (χ4n) is 3.89. The Morgan fingerprint density at radius 1 is 1.14 bits per heavy atom. The molecular formula is C22H21Cl2N3O. The molecule has 1 amide bonds. The lowest BCUT2D eigenvalue weighted by atomic mass is 9.95.